The first kappa shape index (κ1) is 8.06. The van der Waals surface area contributed by atoms with E-state index in [9.17, 15) is 0 Å². The molecule has 0 N–H and O–H groups in total. The Morgan fingerprint density at radius 3 is 2.73 bits per heavy atom. The fourth-order valence-corrected chi connectivity index (χ4v) is 0.965. The van der Waals surface area contributed by atoms with E-state index in [1.54, 1.807) is 0 Å². The fraction of sp³-hybridized carbons (Fsp3) is 0.273. The van der Waals surface area contributed by atoms with E-state index in [0.717, 1.165) is 0 Å². The lowest BCUT2D eigenvalue weighted by molar-refractivity contribution is 0.627. The molecule has 0 aromatic carbocycles. The normalized spacial score (nSPS) is 20.7. The van der Waals surface area contributed by atoms with Crippen molar-refractivity contribution in [2.75, 3.05) is 0 Å². The van der Waals surface area contributed by atoms with Gasteiger partial charge in [-0.05, 0) is 5.57 Å². The van der Waals surface area contributed by atoms with E-state index >= 15 is 0 Å². The predicted molar refractivity (Wildman–Crippen MR) is 50.3 cm³/mol. The van der Waals surface area contributed by atoms with Gasteiger partial charge in [0.2, 0.25) is 0 Å². The Hall–Kier alpha value is -1.04. The molecule has 0 atom stereocenters. The van der Waals surface area contributed by atoms with Crippen molar-refractivity contribution >= 4 is 0 Å². The monoisotopic (exact) mass is 146 g/mol. The van der Waals surface area contributed by atoms with Gasteiger partial charge < -0.3 is 0 Å². The van der Waals surface area contributed by atoms with Gasteiger partial charge >= 0.3 is 0 Å². The van der Waals surface area contributed by atoms with Crippen LogP contribution in [0.25, 0.3) is 0 Å². The van der Waals surface area contributed by atoms with Crippen molar-refractivity contribution in [3.63, 3.8) is 0 Å². The molecule has 0 saturated carbocycles. The van der Waals surface area contributed by atoms with Gasteiger partial charge in [-0.25, -0.2) is 0 Å². The van der Waals surface area contributed by atoms with Crippen molar-refractivity contribution in [3.8, 4) is 0 Å². The molecule has 1 rings (SSSR count). The van der Waals surface area contributed by atoms with E-state index in [1.807, 2.05) is 6.08 Å². The van der Waals surface area contributed by atoms with Crippen molar-refractivity contribution in [1.29, 1.82) is 0 Å². The van der Waals surface area contributed by atoms with Gasteiger partial charge in [0.25, 0.3) is 0 Å². The van der Waals surface area contributed by atoms with Crippen molar-refractivity contribution in [1.82, 2.24) is 0 Å². The average molecular weight is 146 g/mol. The predicted octanol–water partition coefficient (Wildman–Crippen LogP) is 3.25. The Balaban J connectivity index is 2.91. The molecule has 0 heterocycles. The van der Waals surface area contributed by atoms with Crippen molar-refractivity contribution in [3.05, 3.63) is 48.6 Å². The third kappa shape index (κ3) is 2.23. The van der Waals surface area contributed by atoms with Gasteiger partial charge in [0.15, 0.2) is 0 Å². The molecule has 0 radical (unpaired) electrons. The molecule has 0 unspecified atom stereocenters. The van der Waals surface area contributed by atoms with Gasteiger partial charge in [0, 0.05) is 5.41 Å². The molecule has 0 saturated heterocycles. The minimum Gasteiger partial charge on any atom is -0.0985 e. The topological polar surface area (TPSA) is 0 Å². The molecule has 0 bridgehead atoms. The van der Waals surface area contributed by atoms with Crippen LogP contribution in [0.15, 0.2) is 48.6 Å². The highest BCUT2D eigenvalue weighted by Crippen LogP contribution is 2.22. The van der Waals surface area contributed by atoms with Crippen LogP contribution in [-0.2, 0) is 0 Å². The zero-order chi connectivity index (χ0) is 8.32. The lowest BCUT2D eigenvalue weighted by atomic mass is 9.93. The van der Waals surface area contributed by atoms with E-state index < -0.39 is 0 Å². The molecule has 1 aliphatic rings. The molecule has 58 valence electrons. The minimum atomic E-state index is 0.182. The molecule has 1 aliphatic carbocycles. The van der Waals surface area contributed by atoms with Crippen LogP contribution < -0.4 is 0 Å². The first-order valence-corrected chi connectivity index (χ1v) is 3.85. The fourth-order valence-electron chi connectivity index (χ4n) is 0.965. The molecule has 0 aromatic rings. The van der Waals surface area contributed by atoms with Crippen LogP contribution in [0, 0.1) is 5.41 Å². The molecule has 0 aromatic heterocycles. The summed E-state index contributed by atoms with van der Waals surface area (Å²) in [6.07, 6.45) is 12.5. The number of allylic oxidation sites excluding steroid dienone is 7. The van der Waals surface area contributed by atoms with Crippen LogP contribution >= 0.6 is 0 Å². The minimum absolute atomic E-state index is 0.182. The Bertz CT molecular complexity index is 237. The maximum atomic E-state index is 3.72. The van der Waals surface area contributed by atoms with E-state index in [2.05, 4.69) is 50.8 Å². The maximum Gasteiger partial charge on any atom is 0.00109 e. The van der Waals surface area contributed by atoms with Crippen LogP contribution in [0.3, 0.4) is 0 Å². The summed E-state index contributed by atoms with van der Waals surface area (Å²) in [7, 11) is 0. The lowest BCUT2D eigenvalue weighted by Crippen LogP contribution is -2.00. The number of rotatable bonds is 1. The third-order valence-corrected chi connectivity index (χ3v) is 1.76. The standard InChI is InChI=1S/C11H14/c1-4-10-6-5-8-11(2,3)9-7-10/h4-9H,1H2,2-3H3. The quantitative estimate of drug-likeness (QED) is 0.532. The van der Waals surface area contributed by atoms with E-state index in [0.29, 0.717) is 0 Å². The van der Waals surface area contributed by atoms with Crippen molar-refractivity contribution in [2.24, 2.45) is 5.41 Å². The third-order valence-electron chi connectivity index (χ3n) is 1.76. The van der Waals surface area contributed by atoms with Crippen molar-refractivity contribution in [2.45, 2.75) is 13.8 Å². The zero-order valence-corrected chi connectivity index (χ0v) is 7.17. The van der Waals surface area contributed by atoms with E-state index in [4.69, 9.17) is 0 Å². The first-order valence-electron chi connectivity index (χ1n) is 3.85. The summed E-state index contributed by atoms with van der Waals surface area (Å²) in [4.78, 5) is 0. The summed E-state index contributed by atoms with van der Waals surface area (Å²) in [5.41, 5.74) is 1.35. The second-order valence-corrected chi connectivity index (χ2v) is 3.38. The molecule has 0 nitrogen and oxygen atoms in total. The number of hydrogen-bond acceptors (Lipinski definition) is 0. The summed E-state index contributed by atoms with van der Waals surface area (Å²) in [6.45, 7) is 8.08. The average Bonchev–Trinajstić information content (AvgIpc) is 2.10. The molecule has 11 heavy (non-hydrogen) atoms. The van der Waals surface area contributed by atoms with Gasteiger partial charge in [-0.15, -0.1) is 0 Å². The Kier molecular flexibility index (Phi) is 2.13. The molecular formula is C11H14. The van der Waals surface area contributed by atoms with Crippen LogP contribution in [0.4, 0.5) is 0 Å². The van der Waals surface area contributed by atoms with Crippen LogP contribution in [0.5, 0.6) is 0 Å². The first-order chi connectivity index (χ1) is 5.14. The smallest absolute Gasteiger partial charge is 0.00109 e. The maximum absolute atomic E-state index is 3.72. The van der Waals surface area contributed by atoms with Crippen molar-refractivity contribution < 1.29 is 0 Å². The van der Waals surface area contributed by atoms with Gasteiger partial charge in [-0.3, -0.25) is 0 Å². The molecule has 0 fully saturated rings. The second-order valence-electron chi connectivity index (χ2n) is 3.38. The molecular weight excluding hydrogens is 132 g/mol. The molecule has 0 amide bonds. The number of hydrogen-bond donors (Lipinski definition) is 0. The Morgan fingerprint density at radius 1 is 1.36 bits per heavy atom. The second kappa shape index (κ2) is 2.91. The molecule has 0 spiro atoms. The van der Waals surface area contributed by atoms with Gasteiger partial charge in [-0.1, -0.05) is 56.9 Å². The summed E-state index contributed by atoms with van der Waals surface area (Å²) < 4.78 is 0. The van der Waals surface area contributed by atoms with Crippen LogP contribution in [0.1, 0.15) is 13.8 Å². The van der Waals surface area contributed by atoms with E-state index in [1.165, 1.54) is 5.57 Å². The lowest BCUT2D eigenvalue weighted by Gasteiger charge is -2.12. The highest BCUT2D eigenvalue weighted by Gasteiger charge is 2.08. The molecule has 0 heteroatoms. The molecule has 0 aliphatic heterocycles. The summed E-state index contributed by atoms with van der Waals surface area (Å²) in [5, 5.41) is 0. The van der Waals surface area contributed by atoms with E-state index in [-0.39, 0.29) is 5.41 Å². The Morgan fingerprint density at radius 2 is 2.09 bits per heavy atom. The zero-order valence-electron chi connectivity index (χ0n) is 7.17. The Labute approximate surface area is 68.6 Å². The SMILES string of the molecule is C=CC1=CC=CC(C)(C)C=C1. The highest BCUT2D eigenvalue weighted by atomic mass is 14.1. The van der Waals surface area contributed by atoms with Crippen LogP contribution in [0.2, 0.25) is 0 Å². The summed E-state index contributed by atoms with van der Waals surface area (Å²) in [5.74, 6) is 0. The van der Waals surface area contributed by atoms with Crippen LogP contribution in [-0.4, -0.2) is 0 Å². The van der Waals surface area contributed by atoms with Gasteiger partial charge in [0.05, 0.1) is 0 Å². The van der Waals surface area contributed by atoms with Gasteiger partial charge in [-0.2, -0.15) is 0 Å². The summed E-state index contributed by atoms with van der Waals surface area (Å²) in [6, 6.07) is 0. The highest BCUT2D eigenvalue weighted by molar-refractivity contribution is 5.36. The largest absolute Gasteiger partial charge is 0.0985 e. The van der Waals surface area contributed by atoms with Gasteiger partial charge in [0.1, 0.15) is 0 Å². The summed E-state index contributed by atoms with van der Waals surface area (Å²) >= 11 is 0.